The van der Waals surface area contributed by atoms with Gasteiger partial charge in [0, 0.05) is 57.6 Å². The van der Waals surface area contributed by atoms with Gasteiger partial charge in [0.05, 0.1) is 6.20 Å². The average molecular weight is 375 g/mol. The number of piperidine rings is 1. The fraction of sp³-hybridized carbons (Fsp3) is 0.810. The zero-order valence-electron chi connectivity index (χ0n) is 17.1. The quantitative estimate of drug-likeness (QED) is 0.794. The van der Waals surface area contributed by atoms with Crippen molar-refractivity contribution in [1.82, 2.24) is 19.6 Å². The van der Waals surface area contributed by atoms with E-state index in [2.05, 4.69) is 23.1 Å². The molecule has 150 valence electrons. The van der Waals surface area contributed by atoms with Crippen molar-refractivity contribution < 1.29 is 9.53 Å². The smallest absolute Gasteiger partial charge is 0.226 e. The van der Waals surface area contributed by atoms with E-state index in [1.807, 2.05) is 29.9 Å². The first-order valence-corrected chi connectivity index (χ1v) is 10.6. The van der Waals surface area contributed by atoms with Crippen LogP contribution in [0.15, 0.2) is 12.4 Å². The number of aromatic nitrogens is 2. The Hall–Kier alpha value is -1.40. The number of nitrogens with zero attached hydrogens (tertiary/aromatic N) is 4. The molecule has 2 aliphatic heterocycles. The fourth-order valence-corrected chi connectivity index (χ4v) is 5.51. The van der Waals surface area contributed by atoms with Gasteiger partial charge in [0.15, 0.2) is 0 Å². The van der Waals surface area contributed by atoms with E-state index < -0.39 is 0 Å². The van der Waals surface area contributed by atoms with Gasteiger partial charge in [-0.1, -0.05) is 6.92 Å². The Morgan fingerprint density at radius 3 is 2.85 bits per heavy atom. The van der Waals surface area contributed by atoms with Crippen molar-refractivity contribution in [1.29, 1.82) is 0 Å². The maximum absolute atomic E-state index is 13.1. The van der Waals surface area contributed by atoms with Crippen LogP contribution in [0.4, 0.5) is 0 Å². The Balaban J connectivity index is 1.44. The molecule has 1 saturated carbocycles. The van der Waals surface area contributed by atoms with Gasteiger partial charge in [0.25, 0.3) is 0 Å². The molecule has 4 rings (SSSR count). The maximum atomic E-state index is 13.1. The number of hydrogen-bond acceptors (Lipinski definition) is 4. The van der Waals surface area contributed by atoms with Gasteiger partial charge in [0.2, 0.25) is 5.91 Å². The van der Waals surface area contributed by atoms with Gasteiger partial charge in [-0.15, -0.1) is 0 Å². The monoisotopic (exact) mass is 374 g/mol. The highest BCUT2D eigenvalue weighted by Gasteiger charge is 2.58. The van der Waals surface area contributed by atoms with Gasteiger partial charge in [-0.05, 0) is 56.5 Å². The molecule has 0 N–H and O–H groups in total. The van der Waals surface area contributed by atoms with E-state index in [4.69, 9.17) is 4.74 Å². The summed E-state index contributed by atoms with van der Waals surface area (Å²) in [6.07, 6.45) is 9.72. The van der Waals surface area contributed by atoms with E-state index >= 15 is 0 Å². The average Bonchev–Trinajstić information content (AvgIpc) is 3.18. The van der Waals surface area contributed by atoms with Crippen molar-refractivity contribution in [3.05, 3.63) is 18.0 Å². The Kier molecular flexibility index (Phi) is 5.30. The number of carbonyl (C=O) groups is 1. The van der Waals surface area contributed by atoms with Crippen LogP contribution in [0.25, 0.3) is 0 Å². The summed E-state index contributed by atoms with van der Waals surface area (Å²) in [4.78, 5) is 17.7. The molecule has 1 aromatic rings. The maximum Gasteiger partial charge on any atom is 0.226 e. The molecule has 1 aromatic heterocycles. The number of hydrogen-bond donors (Lipinski definition) is 0. The summed E-state index contributed by atoms with van der Waals surface area (Å²) < 4.78 is 7.40. The number of aryl methyl sites for hydroxylation is 1. The lowest BCUT2D eigenvalue weighted by atomic mass is 9.85. The molecule has 3 heterocycles. The first kappa shape index (κ1) is 18.9. The van der Waals surface area contributed by atoms with Gasteiger partial charge in [0.1, 0.15) is 0 Å². The van der Waals surface area contributed by atoms with Gasteiger partial charge in [-0.25, -0.2) is 0 Å². The summed E-state index contributed by atoms with van der Waals surface area (Å²) in [5.74, 6) is 1.06. The van der Waals surface area contributed by atoms with Crippen molar-refractivity contribution in [3.63, 3.8) is 0 Å². The summed E-state index contributed by atoms with van der Waals surface area (Å²) in [6, 6.07) is 0.365. The predicted molar refractivity (Wildman–Crippen MR) is 104 cm³/mol. The summed E-state index contributed by atoms with van der Waals surface area (Å²) in [7, 11) is 3.99. The standard InChI is InChI=1S/C21H34N4O2/c1-4-25-9-5-6-16(19(25)17-13-22-24(3)15-17)14-23(2)20(26)18-12-21(18)7-10-27-11-8-21/h13,15-16,18-19H,4-12,14H2,1-3H3/t16-,18?,19+/m0/s1. The number of carbonyl (C=O) groups excluding carboxylic acids is 1. The first-order valence-electron chi connectivity index (χ1n) is 10.6. The van der Waals surface area contributed by atoms with E-state index in [9.17, 15) is 4.79 Å². The molecule has 1 unspecified atom stereocenters. The molecule has 3 fully saturated rings. The molecule has 0 radical (unpaired) electrons. The third-order valence-corrected chi connectivity index (χ3v) is 7.19. The van der Waals surface area contributed by atoms with Crippen LogP contribution in [0.5, 0.6) is 0 Å². The molecule has 6 heteroatoms. The minimum Gasteiger partial charge on any atom is -0.381 e. The molecule has 0 bridgehead atoms. The van der Waals surface area contributed by atoms with E-state index in [-0.39, 0.29) is 11.3 Å². The molecule has 1 spiro atoms. The third kappa shape index (κ3) is 3.66. The molecule has 27 heavy (non-hydrogen) atoms. The molecule has 2 saturated heterocycles. The van der Waals surface area contributed by atoms with Crippen LogP contribution in [0, 0.1) is 17.3 Å². The van der Waals surface area contributed by atoms with Crippen molar-refractivity contribution in [2.75, 3.05) is 39.9 Å². The second-order valence-electron chi connectivity index (χ2n) is 8.87. The minimum absolute atomic E-state index is 0.231. The Morgan fingerprint density at radius 2 is 2.19 bits per heavy atom. The van der Waals surface area contributed by atoms with E-state index in [0.717, 1.165) is 52.1 Å². The summed E-state index contributed by atoms with van der Waals surface area (Å²) >= 11 is 0. The Morgan fingerprint density at radius 1 is 1.41 bits per heavy atom. The number of rotatable bonds is 5. The van der Waals surface area contributed by atoms with Crippen LogP contribution >= 0.6 is 0 Å². The van der Waals surface area contributed by atoms with Gasteiger partial charge < -0.3 is 9.64 Å². The third-order valence-electron chi connectivity index (χ3n) is 7.19. The molecular weight excluding hydrogens is 340 g/mol. The Bertz CT molecular complexity index is 667. The Labute approximate surface area is 162 Å². The molecule has 1 amide bonds. The molecule has 3 atom stereocenters. The predicted octanol–water partition coefficient (Wildman–Crippen LogP) is 2.47. The second kappa shape index (κ2) is 7.55. The molecule has 1 aliphatic carbocycles. The van der Waals surface area contributed by atoms with Crippen LogP contribution in [0.1, 0.15) is 50.6 Å². The summed E-state index contributed by atoms with van der Waals surface area (Å²) in [6.45, 7) is 6.91. The minimum atomic E-state index is 0.231. The largest absolute Gasteiger partial charge is 0.381 e. The van der Waals surface area contributed by atoms with Crippen molar-refractivity contribution in [2.45, 2.75) is 45.1 Å². The van der Waals surface area contributed by atoms with Gasteiger partial charge in [-0.2, -0.15) is 5.10 Å². The van der Waals surface area contributed by atoms with E-state index in [0.29, 0.717) is 17.9 Å². The molecule has 6 nitrogen and oxygen atoms in total. The zero-order chi connectivity index (χ0) is 19.0. The first-order chi connectivity index (χ1) is 13.0. The highest BCUT2D eigenvalue weighted by molar-refractivity contribution is 5.82. The van der Waals surface area contributed by atoms with Crippen molar-refractivity contribution in [3.8, 4) is 0 Å². The number of likely N-dealkylation sites (tertiary alicyclic amines) is 1. The van der Waals surface area contributed by atoms with Crippen LogP contribution in [-0.2, 0) is 16.6 Å². The van der Waals surface area contributed by atoms with Gasteiger partial charge >= 0.3 is 0 Å². The number of ether oxygens (including phenoxy) is 1. The zero-order valence-corrected chi connectivity index (χ0v) is 17.1. The topological polar surface area (TPSA) is 50.6 Å². The van der Waals surface area contributed by atoms with E-state index in [1.165, 1.54) is 18.4 Å². The SMILES string of the molecule is CCN1CCC[C@@H](CN(C)C(=O)C2CC23CCOCC3)[C@@H]1c1cnn(C)c1. The fourth-order valence-electron chi connectivity index (χ4n) is 5.51. The van der Waals surface area contributed by atoms with Crippen LogP contribution < -0.4 is 0 Å². The lowest BCUT2D eigenvalue weighted by Gasteiger charge is -2.42. The molecular formula is C21H34N4O2. The highest BCUT2D eigenvalue weighted by atomic mass is 16.5. The van der Waals surface area contributed by atoms with Crippen molar-refractivity contribution in [2.24, 2.45) is 24.3 Å². The van der Waals surface area contributed by atoms with Crippen LogP contribution in [0.2, 0.25) is 0 Å². The van der Waals surface area contributed by atoms with Crippen LogP contribution in [-0.4, -0.2) is 65.4 Å². The van der Waals surface area contributed by atoms with Crippen molar-refractivity contribution >= 4 is 5.91 Å². The normalized spacial score (nSPS) is 30.4. The van der Waals surface area contributed by atoms with E-state index in [1.54, 1.807) is 0 Å². The molecule has 3 aliphatic rings. The summed E-state index contributed by atoms with van der Waals surface area (Å²) in [5.41, 5.74) is 1.55. The van der Waals surface area contributed by atoms with Crippen LogP contribution in [0.3, 0.4) is 0 Å². The van der Waals surface area contributed by atoms with Gasteiger partial charge in [-0.3, -0.25) is 14.4 Å². The highest BCUT2D eigenvalue weighted by Crippen LogP contribution is 2.59. The number of amides is 1. The lowest BCUT2D eigenvalue weighted by molar-refractivity contribution is -0.133. The second-order valence-corrected chi connectivity index (χ2v) is 8.87. The summed E-state index contributed by atoms with van der Waals surface area (Å²) in [5, 5.41) is 4.40. The lowest BCUT2D eigenvalue weighted by Crippen LogP contribution is -2.44. The molecule has 0 aromatic carbocycles.